The van der Waals surface area contributed by atoms with Crippen LogP contribution in [0.5, 0.6) is 0 Å². The quantitative estimate of drug-likeness (QED) is 0.716. The maximum Gasteiger partial charge on any atom is 0.303 e. The molecule has 1 amide bonds. The molecule has 0 aromatic heterocycles. The van der Waals surface area contributed by atoms with Gasteiger partial charge >= 0.3 is 5.97 Å². The highest BCUT2D eigenvalue weighted by Crippen LogP contribution is 2.18. The number of carbonyl (C=O) groups is 2. The van der Waals surface area contributed by atoms with Gasteiger partial charge in [-0.15, -0.1) is 0 Å². The van der Waals surface area contributed by atoms with E-state index < -0.39 is 5.97 Å². The van der Waals surface area contributed by atoms with Gasteiger partial charge in [0.05, 0.1) is 0 Å². The molecule has 0 aliphatic rings. The van der Waals surface area contributed by atoms with Crippen LogP contribution in [0.3, 0.4) is 0 Å². The van der Waals surface area contributed by atoms with Crippen LogP contribution in [-0.2, 0) is 9.59 Å². The molecule has 3 N–H and O–H groups in total. The van der Waals surface area contributed by atoms with Crippen LogP contribution in [0.2, 0.25) is 0 Å². The Balaban J connectivity index is 2.60. The number of rotatable bonds is 7. The van der Waals surface area contributed by atoms with E-state index in [0.29, 0.717) is 6.42 Å². The lowest BCUT2D eigenvalue weighted by atomic mass is 10.1. The van der Waals surface area contributed by atoms with Gasteiger partial charge in [0, 0.05) is 31.1 Å². The lowest BCUT2D eigenvalue weighted by molar-refractivity contribution is -0.137. The van der Waals surface area contributed by atoms with E-state index in [1.54, 1.807) is 0 Å². The molecule has 20 heavy (non-hydrogen) atoms. The van der Waals surface area contributed by atoms with Crippen LogP contribution < -0.4 is 10.6 Å². The summed E-state index contributed by atoms with van der Waals surface area (Å²) in [6.07, 6.45) is 0.748. The fourth-order valence-electron chi connectivity index (χ4n) is 2.04. The topological polar surface area (TPSA) is 78.4 Å². The van der Waals surface area contributed by atoms with Crippen molar-refractivity contribution in [3.05, 3.63) is 29.8 Å². The fourth-order valence-corrected chi connectivity index (χ4v) is 2.04. The Morgan fingerprint density at radius 1 is 1.30 bits per heavy atom. The number of carbonyl (C=O) groups excluding carboxylic acids is 1. The highest BCUT2D eigenvalue weighted by molar-refractivity contribution is 5.88. The van der Waals surface area contributed by atoms with E-state index in [1.165, 1.54) is 6.92 Å². The molecule has 0 radical (unpaired) electrons. The van der Waals surface area contributed by atoms with E-state index in [9.17, 15) is 9.59 Å². The molecular formula is C15H22N2O3. The summed E-state index contributed by atoms with van der Waals surface area (Å²) in [5, 5.41) is 14.8. The van der Waals surface area contributed by atoms with Crippen molar-refractivity contribution in [3.63, 3.8) is 0 Å². The third-order valence-electron chi connectivity index (χ3n) is 3.03. The lowest BCUT2D eigenvalue weighted by Gasteiger charge is -2.20. The normalized spacial score (nSPS) is 13.6. The first-order chi connectivity index (χ1) is 9.38. The minimum Gasteiger partial charge on any atom is -0.481 e. The highest BCUT2D eigenvalue weighted by atomic mass is 16.4. The van der Waals surface area contributed by atoms with Gasteiger partial charge in [-0.1, -0.05) is 12.1 Å². The summed E-state index contributed by atoms with van der Waals surface area (Å²) in [4.78, 5) is 21.6. The summed E-state index contributed by atoms with van der Waals surface area (Å²) in [5.74, 6) is -0.878. The minimum absolute atomic E-state index is 0.0903. The van der Waals surface area contributed by atoms with Crippen LogP contribution in [0.15, 0.2) is 24.3 Å². The van der Waals surface area contributed by atoms with Gasteiger partial charge in [-0.05, 0) is 38.0 Å². The monoisotopic (exact) mass is 278 g/mol. The van der Waals surface area contributed by atoms with Crippen molar-refractivity contribution in [2.24, 2.45) is 0 Å². The van der Waals surface area contributed by atoms with Gasteiger partial charge in [-0.2, -0.15) is 0 Å². The second-order valence-electron chi connectivity index (χ2n) is 5.03. The lowest BCUT2D eigenvalue weighted by Crippen LogP contribution is -2.29. The summed E-state index contributed by atoms with van der Waals surface area (Å²) in [6, 6.07) is 7.83. The van der Waals surface area contributed by atoms with Crippen LogP contribution in [0.4, 0.5) is 5.69 Å². The van der Waals surface area contributed by atoms with Crippen molar-refractivity contribution in [2.45, 2.75) is 45.7 Å². The van der Waals surface area contributed by atoms with Crippen LogP contribution in [0, 0.1) is 0 Å². The average molecular weight is 278 g/mol. The first-order valence-corrected chi connectivity index (χ1v) is 6.74. The number of hydrogen-bond donors (Lipinski definition) is 3. The van der Waals surface area contributed by atoms with Crippen molar-refractivity contribution >= 4 is 17.6 Å². The van der Waals surface area contributed by atoms with E-state index >= 15 is 0 Å². The first-order valence-electron chi connectivity index (χ1n) is 6.74. The molecule has 0 fully saturated rings. The van der Waals surface area contributed by atoms with Crippen LogP contribution in [-0.4, -0.2) is 23.0 Å². The molecule has 0 heterocycles. The first kappa shape index (κ1) is 16.2. The van der Waals surface area contributed by atoms with E-state index in [4.69, 9.17) is 5.11 Å². The smallest absolute Gasteiger partial charge is 0.303 e. The molecule has 5 heteroatoms. The van der Waals surface area contributed by atoms with Crippen molar-refractivity contribution in [1.82, 2.24) is 5.32 Å². The number of nitrogens with one attached hydrogen (secondary N) is 2. The molecular weight excluding hydrogens is 256 g/mol. The van der Waals surface area contributed by atoms with Gasteiger partial charge in [-0.3, -0.25) is 9.59 Å². The van der Waals surface area contributed by atoms with Crippen molar-refractivity contribution in [3.8, 4) is 0 Å². The van der Waals surface area contributed by atoms with Gasteiger partial charge in [-0.25, -0.2) is 0 Å². The van der Waals surface area contributed by atoms with Crippen molar-refractivity contribution in [1.29, 1.82) is 0 Å². The number of amides is 1. The van der Waals surface area contributed by atoms with E-state index in [0.717, 1.165) is 11.3 Å². The number of carboxylic acids is 1. The molecule has 1 aromatic carbocycles. The number of aliphatic carboxylic acids is 1. The molecule has 0 bridgehead atoms. The maximum atomic E-state index is 11.0. The third-order valence-corrected chi connectivity index (χ3v) is 3.03. The van der Waals surface area contributed by atoms with Crippen LogP contribution in [0.1, 0.15) is 45.2 Å². The molecule has 2 atom stereocenters. The maximum absolute atomic E-state index is 11.0. The average Bonchev–Trinajstić information content (AvgIpc) is 2.36. The van der Waals surface area contributed by atoms with Gasteiger partial charge in [0.2, 0.25) is 5.91 Å². The molecule has 0 spiro atoms. The molecule has 0 aliphatic heterocycles. The molecule has 0 saturated heterocycles. The molecule has 5 nitrogen and oxygen atoms in total. The molecule has 1 rings (SSSR count). The summed E-state index contributed by atoms with van der Waals surface area (Å²) in [6.45, 7) is 5.46. The van der Waals surface area contributed by atoms with Crippen molar-refractivity contribution < 1.29 is 14.7 Å². The molecule has 0 saturated carbocycles. The number of anilines is 1. The Kier molecular flexibility index (Phi) is 6.18. The summed E-state index contributed by atoms with van der Waals surface area (Å²) in [7, 11) is 0. The SMILES string of the molecule is CC(=O)Nc1cccc(C(C)NC(C)CCC(=O)O)c1. The van der Waals surface area contributed by atoms with Gasteiger partial charge in [0.25, 0.3) is 0 Å². The minimum atomic E-state index is -0.779. The third kappa shape index (κ3) is 5.84. The predicted octanol–water partition coefficient (Wildman–Crippen LogP) is 2.55. The number of benzene rings is 1. The van der Waals surface area contributed by atoms with Crippen LogP contribution >= 0.6 is 0 Å². The largest absolute Gasteiger partial charge is 0.481 e. The molecule has 1 aromatic rings. The standard InChI is InChI=1S/C15H22N2O3/c1-10(7-8-15(19)20)16-11(2)13-5-4-6-14(9-13)17-12(3)18/h4-6,9-11,16H,7-8H2,1-3H3,(H,17,18)(H,19,20). The summed E-state index contributed by atoms with van der Waals surface area (Å²) < 4.78 is 0. The Morgan fingerprint density at radius 2 is 2.00 bits per heavy atom. The number of carboxylic acid groups (broad SMARTS) is 1. The van der Waals surface area contributed by atoms with E-state index in [2.05, 4.69) is 10.6 Å². The number of hydrogen-bond acceptors (Lipinski definition) is 3. The predicted molar refractivity (Wildman–Crippen MR) is 78.6 cm³/mol. The Bertz CT molecular complexity index is 474. The molecule has 2 unspecified atom stereocenters. The zero-order valence-corrected chi connectivity index (χ0v) is 12.1. The highest BCUT2D eigenvalue weighted by Gasteiger charge is 2.11. The molecule has 110 valence electrons. The zero-order valence-electron chi connectivity index (χ0n) is 12.1. The van der Waals surface area contributed by atoms with Gasteiger partial charge in [0.1, 0.15) is 0 Å². The van der Waals surface area contributed by atoms with E-state index in [1.807, 2.05) is 38.1 Å². The van der Waals surface area contributed by atoms with Crippen molar-refractivity contribution in [2.75, 3.05) is 5.32 Å². The second-order valence-corrected chi connectivity index (χ2v) is 5.03. The van der Waals surface area contributed by atoms with Gasteiger partial charge in [0.15, 0.2) is 0 Å². The van der Waals surface area contributed by atoms with E-state index in [-0.39, 0.29) is 24.4 Å². The Morgan fingerprint density at radius 3 is 2.60 bits per heavy atom. The van der Waals surface area contributed by atoms with Crippen LogP contribution in [0.25, 0.3) is 0 Å². The summed E-state index contributed by atoms with van der Waals surface area (Å²) in [5.41, 5.74) is 1.82. The second kappa shape index (κ2) is 7.65. The zero-order chi connectivity index (χ0) is 15.1. The Labute approximate surface area is 119 Å². The fraction of sp³-hybridized carbons (Fsp3) is 0.467. The van der Waals surface area contributed by atoms with Gasteiger partial charge < -0.3 is 15.7 Å². The molecule has 0 aliphatic carbocycles. The Hall–Kier alpha value is -1.88. The summed E-state index contributed by atoms with van der Waals surface area (Å²) >= 11 is 0.